The van der Waals surface area contributed by atoms with Crippen LogP contribution in [-0.2, 0) is 74.4 Å². The molecule has 3 fully saturated rings. The zero-order chi connectivity index (χ0) is 86.9. The minimum absolute atomic E-state index is 0. The Hall–Kier alpha value is -4.04. The average molecular weight is 1720 g/mol. The van der Waals surface area contributed by atoms with Gasteiger partial charge in [0.15, 0.2) is 5.78 Å². The molecule has 691 valence electrons. The Balaban J connectivity index is -0.000000454. The maximum atomic E-state index is 12.4. The molecule has 4 N–H and O–H groups in total. The second kappa shape index (κ2) is 84.8. The van der Waals surface area contributed by atoms with E-state index in [1.807, 2.05) is 26.0 Å². The van der Waals surface area contributed by atoms with Crippen LogP contribution in [0, 0.1) is 72.3 Å². The summed E-state index contributed by atoms with van der Waals surface area (Å²) in [6.07, 6.45) is 62.7. The van der Waals surface area contributed by atoms with E-state index in [4.69, 9.17) is 32.1 Å². The van der Waals surface area contributed by atoms with Crippen molar-refractivity contribution in [2.24, 2.45) is 59.2 Å². The number of carbonyl (C=O) groups excluding carboxylic acids is 8. The minimum Gasteiger partial charge on any atom is -0.518 e. The van der Waals surface area contributed by atoms with E-state index in [9.17, 15) is 58.8 Å². The van der Waals surface area contributed by atoms with Crippen LogP contribution in [0.3, 0.4) is 0 Å². The van der Waals surface area contributed by atoms with Crippen molar-refractivity contribution in [2.75, 3.05) is 26.4 Å². The standard InChI is InChI=1S/C24H42O3.2C22H38O5.C15H24O3.C9H17.C8H15.CH4.Cu.Li/c1-5-7-10-13-19(3)16-17-21-20(4)18-23(25)22(21)14-11-8-9-12-15-24(26)27-6-2;2*1-3-5-8-11-17(23)14-15-19-18(20(24)16-21(19)25)12-9-6-7-10-13-22(26)27-4-2;1-3-18-15(17)9-7-5-4-6-8-13-10-12(2)11-14(13)16;1-4-6-7-8-9(3)5-2;1-3-5-7-8-6-4-2;;;/h16-17,19-22H,5-15,18H2,1-4H3;2*14-15,17-19,21,23,25H,3-13,16H2,1-2H3;10,12H,3-9,11H2,1-2H3;2,5,9H,4,6-8H2,1,3H3;1,3H,4-8H2,2H3;1H4;;/q;;;;2*-1;;;+1/b17-16+;2*15-14+;;;;;;/t19-,20?,21+,22-;2*17-,18-,19-,21+;;9-;;;;/m111.1..../s1. The molecule has 3 saturated carbocycles. The average Bonchev–Trinajstić information content (AvgIpc) is 1.71. The van der Waals surface area contributed by atoms with Gasteiger partial charge in [-0.15, -0.1) is 0 Å². The summed E-state index contributed by atoms with van der Waals surface area (Å²) in [6, 6.07) is 0. The molecule has 1 radical (unpaired) electrons. The monoisotopic (exact) mass is 1720 g/mol. The number of Topliss-reactive ketones (excluding diaryl/α,β-unsaturated/α-hetero) is 4. The third-order valence-electron chi connectivity index (χ3n) is 22.7. The quantitative estimate of drug-likeness (QED) is 0.0110. The van der Waals surface area contributed by atoms with Crippen molar-refractivity contribution in [1.29, 1.82) is 0 Å². The molecular weight excluding hydrogens is 1540 g/mol. The zero-order valence-corrected chi connectivity index (χ0v) is 78.3. The molecule has 18 heteroatoms. The number of aliphatic hydroxyl groups is 4. The number of aliphatic hydroxyl groups excluding tert-OH is 4. The van der Waals surface area contributed by atoms with Crippen LogP contribution in [-0.4, -0.2) is 118 Å². The summed E-state index contributed by atoms with van der Waals surface area (Å²) in [5.74, 6) is 2.67. The molecule has 4 aliphatic rings. The third kappa shape index (κ3) is 67.0. The largest absolute Gasteiger partial charge is 1.00 e. The van der Waals surface area contributed by atoms with Crippen molar-refractivity contribution in [3.05, 3.63) is 73.4 Å². The zero-order valence-electron chi connectivity index (χ0n) is 77.4. The van der Waals surface area contributed by atoms with Gasteiger partial charge in [0.1, 0.15) is 17.3 Å². The van der Waals surface area contributed by atoms with E-state index in [0.29, 0.717) is 99.7 Å². The molecule has 0 spiro atoms. The molecule has 0 heterocycles. The van der Waals surface area contributed by atoms with Gasteiger partial charge in [-0.05, 0) is 140 Å². The summed E-state index contributed by atoms with van der Waals surface area (Å²) in [5, 5.41) is 40.5. The normalized spacial score (nSPS) is 20.7. The molecular formula is C101H178CuLiO16-. The van der Waals surface area contributed by atoms with E-state index < -0.39 is 24.4 Å². The second-order valence-electron chi connectivity index (χ2n) is 33.5. The first-order valence-electron chi connectivity index (χ1n) is 47.1. The molecule has 0 amide bonds. The third-order valence-corrected chi connectivity index (χ3v) is 22.7. The van der Waals surface area contributed by atoms with Gasteiger partial charge in [-0.2, -0.15) is 0 Å². The summed E-state index contributed by atoms with van der Waals surface area (Å²) >= 11 is 0. The fourth-order valence-corrected chi connectivity index (χ4v) is 15.6. The topological polar surface area (TPSA) is 254 Å². The maximum Gasteiger partial charge on any atom is 1.00 e. The molecule has 0 bridgehead atoms. The molecule has 2 unspecified atom stereocenters. The predicted molar refractivity (Wildman–Crippen MR) is 483 cm³/mol. The Bertz CT molecular complexity index is 2460. The van der Waals surface area contributed by atoms with E-state index in [1.54, 1.807) is 38.2 Å². The predicted octanol–water partition coefficient (Wildman–Crippen LogP) is 21.6. The molecule has 0 aromatic heterocycles. The maximum absolute atomic E-state index is 12.4. The Labute approximate surface area is 751 Å². The van der Waals surface area contributed by atoms with Crippen molar-refractivity contribution in [3.8, 4) is 0 Å². The summed E-state index contributed by atoms with van der Waals surface area (Å²) in [5.41, 5.74) is 1.02. The van der Waals surface area contributed by atoms with E-state index in [1.165, 1.54) is 77.0 Å². The number of carbonyl (C=O) groups is 8. The summed E-state index contributed by atoms with van der Waals surface area (Å²) in [4.78, 5) is 93.4. The summed E-state index contributed by atoms with van der Waals surface area (Å²) in [7, 11) is 0. The van der Waals surface area contributed by atoms with E-state index in [0.717, 1.165) is 198 Å². The Kier molecular flexibility index (Phi) is 88.0. The molecule has 4 aliphatic carbocycles. The summed E-state index contributed by atoms with van der Waals surface area (Å²) < 4.78 is 19.6. The van der Waals surface area contributed by atoms with Gasteiger partial charge in [-0.1, -0.05) is 298 Å². The second-order valence-corrected chi connectivity index (χ2v) is 33.5. The molecule has 4 rings (SSSR count). The van der Waals surface area contributed by atoms with Crippen LogP contribution >= 0.6 is 0 Å². The van der Waals surface area contributed by atoms with Gasteiger partial charge in [0.25, 0.3) is 0 Å². The minimum atomic E-state index is -0.634. The van der Waals surface area contributed by atoms with Crippen molar-refractivity contribution < 1.29 is 114 Å². The number of ether oxygens (including phenoxy) is 4. The van der Waals surface area contributed by atoms with Crippen molar-refractivity contribution in [3.63, 3.8) is 0 Å². The number of esters is 4. The van der Waals surface area contributed by atoms with Crippen LogP contribution in [0.25, 0.3) is 0 Å². The fraction of sp³-hybridized carbons (Fsp3) is 0.802. The number of allylic oxidation sites excluding steroid dienone is 6. The summed E-state index contributed by atoms with van der Waals surface area (Å²) in [6.45, 7) is 39.3. The van der Waals surface area contributed by atoms with Crippen molar-refractivity contribution in [1.82, 2.24) is 0 Å². The van der Waals surface area contributed by atoms with Crippen LogP contribution in [0.4, 0.5) is 0 Å². The first kappa shape index (κ1) is 123. The SMILES string of the molecule is C.CCCCC[C@@H](C)/C=C/[C@H]1C(C)CC(=O)[C@@H]1CCCCCCC(=O)OCC.CCCCC[C@@H](O)/C=C/[C@H]1[C@@H](O)CC(=O)[C@@H]1CCCCCCC(=O)OCC.CCCCC[C@@H](O)/C=C/[C@H]1[C@@H](O)CC(=O)[C@@H]1CCCCCCC(=O)OCC.CCOC(=O)CCCCCCC1=CC(C)CC1=O.[CH-]=CCCCCCC.[CH-]=C[C@@H](C)CCCCC.[Cu].[Li+]. The number of hydrogen-bond acceptors (Lipinski definition) is 16. The van der Waals surface area contributed by atoms with E-state index >= 15 is 0 Å². The van der Waals surface area contributed by atoms with Crippen LogP contribution in [0.1, 0.15) is 412 Å². The van der Waals surface area contributed by atoms with Gasteiger partial charge < -0.3 is 52.5 Å². The van der Waals surface area contributed by atoms with Crippen LogP contribution < -0.4 is 18.9 Å². The number of unbranched alkanes of at least 4 members (excludes halogenated alkanes) is 24. The number of hydrogen-bond donors (Lipinski definition) is 4. The van der Waals surface area contributed by atoms with Gasteiger partial charge in [0.2, 0.25) is 0 Å². The molecule has 16 nitrogen and oxygen atoms in total. The van der Waals surface area contributed by atoms with Crippen LogP contribution in [0.2, 0.25) is 0 Å². The van der Waals surface area contributed by atoms with Gasteiger partial charge in [0, 0.05) is 98.0 Å². The molecule has 0 saturated heterocycles. The Morgan fingerprint density at radius 2 is 0.739 bits per heavy atom. The van der Waals surface area contributed by atoms with E-state index in [-0.39, 0.29) is 121 Å². The first-order valence-corrected chi connectivity index (χ1v) is 47.1. The van der Waals surface area contributed by atoms with E-state index in [2.05, 4.69) is 80.5 Å². The Morgan fingerprint density at radius 1 is 0.420 bits per heavy atom. The number of rotatable bonds is 60. The van der Waals surface area contributed by atoms with Crippen LogP contribution in [0.15, 0.2) is 60.3 Å². The van der Waals surface area contributed by atoms with Gasteiger partial charge in [-0.3, -0.25) is 50.5 Å². The van der Waals surface area contributed by atoms with Crippen molar-refractivity contribution in [2.45, 2.75) is 436 Å². The molecule has 119 heavy (non-hydrogen) atoms. The van der Waals surface area contributed by atoms with Crippen LogP contribution in [0.5, 0.6) is 0 Å². The molecule has 14 atom stereocenters. The Morgan fingerprint density at radius 3 is 1.08 bits per heavy atom. The van der Waals surface area contributed by atoms with Gasteiger partial charge >= 0.3 is 42.7 Å². The smallest absolute Gasteiger partial charge is 0.518 e. The van der Waals surface area contributed by atoms with Gasteiger partial charge in [-0.25, -0.2) is 0 Å². The fourth-order valence-electron chi connectivity index (χ4n) is 15.6. The number of ketones is 4. The first-order chi connectivity index (χ1) is 55.8. The van der Waals surface area contributed by atoms with Crippen molar-refractivity contribution >= 4 is 47.0 Å². The molecule has 0 aromatic rings. The molecule has 0 aliphatic heterocycles. The molecule has 0 aromatic carbocycles. The van der Waals surface area contributed by atoms with Gasteiger partial charge in [0.05, 0.1) is 50.8 Å².